The van der Waals surface area contributed by atoms with Crippen LogP contribution in [0.3, 0.4) is 0 Å². The van der Waals surface area contributed by atoms with E-state index in [-0.39, 0.29) is 24.2 Å². The molecule has 4 heteroatoms. The molecule has 0 heterocycles. The van der Waals surface area contributed by atoms with Crippen LogP contribution in [-0.2, 0) is 9.59 Å². The van der Waals surface area contributed by atoms with Crippen molar-refractivity contribution in [3.63, 3.8) is 0 Å². The van der Waals surface area contributed by atoms with Gasteiger partial charge in [-0.25, -0.2) is 0 Å². The number of carboxylic acid groups (broad SMARTS) is 1. The first-order chi connectivity index (χ1) is 15.0. The number of rotatable bonds is 23. The molecule has 0 aromatic heterocycles. The molecule has 0 aliphatic heterocycles. The second-order valence-corrected chi connectivity index (χ2v) is 9.52. The minimum absolute atomic E-state index is 0.0385. The lowest BCUT2D eigenvalue weighted by molar-refractivity contribution is -0.137. The van der Waals surface area contributed by atoms with E-state index in [0.717, 1.165) is 19.4 Å². The summed E-state index contributed by atoms with van der Waals surface area (Å²) < 4.78 is 0. The highest BCUT2D eigenvalue weighted by molar-refractivity contribution is 5.79. The van der Waals surface area contributed by atoms with Crippen molar-refractivity contribution in [2.24, 2.45) is 11.8 Å². The number of aliphatic carboxylic acids is 1. The molecular formula is C27H53NO3. The van der Waals surface area contributed by atoms with Crippen LogP contribution in [0.15, 0.2) is 0 Å². The first kappa shape index (κ1) is 29.9. The van der Waals surface area contributed by atoms with Crippen molar-refractivity contribution < 1.29 is 14.7 Å². The second kappa shape index (κ2) is 22.1. The minimum Gasteiger partial charge on any atom is -0.481 e. The summed E-state index contributed by atoms with van der Waals surface area (Å²) in [6.07, 6.45) is 23.0. The lowest BCUT2D eigenvalue weighted by Crippen LogP contribution is -2.35. The lowest BCUT2D eigenvalue weighted by Gasteiger charge is -2.21. The number of nitrogens with one attached hydrogen (secondary N) is 1. The summed E-state index contributed by atoms with van der Waals surface area (Å²) in [6, 6.07) is 0. The molecule has 0 aliphatic rings. The number of carbonyl (C=O) groups excluding carboxylic acids is 1. The summed E-state index contributed by atoms with van der Waals surface area (Å²) in [5.74, 6) is -0.734. The van der Waals surface area contributed by atoms with Gasteiger partial charge < -0.3 is 10.4 Å². The average molecular weight is 440 g/mol. The zero-order chi connectivity index (χ0) is 23.2. The molecule has 31 heavy (non-hydrogen) atoms. The van der Waals surface area contributed by atoms with Gasteiger partial charge in [0.05, 0.1) is 0 Å². The molecule has 1 amide bonds. The predicted octanol–water partition coefficient (Wildman–Crippen LogP) is 7.89. The van der Waals surface area contributed by atoms with Gasteiger partial charge in [0.1, 0.15) is 0 Å². The zero-order valence-corrected chi connectivity index (χ0v) is 21.1. The maximum Gasteiger partial charge on any atom is 0.303 e. The Hall–Kier alpha value is -1.06. The maximum absolute atomic E-state index is 12.4. The quantitative estimate of drug-likeness (QED) is 0.159. The van der Waals surface area contributed by atoms with E-state index in [1.807, 2.05) is 6.92 Å². The van der Waals surface area contributed by atoms with E-state index < -0.39 is 5.97 Å². The molecule has 0 spiro atoms. The Kier molecular flexibility index (Phi) is 21.4. The van der Waals surface area contributed by atoms with Gasteiger partial charge in [-0.15, -0.1) is 0 Å². The highest BCUT2D eigenvalue weighted by Crippen LogP contribution is 2.21. The van der Waals surface area contributed by atoms with E-state index in [1.54, 1.807) is 0 Å². The molecule has 0 unspecified atom stereocenters. The van der Waals surface area contributed by atoms with Gasteiger partial charge in [0.15, 0.2) is 0 Å². The van der Waals surface area contributed by atoms with Crippen LogP contribution in [-0.4, -0.2) is 23.5 Å². The van der Waals surface area contributed by atoms with Crippen LogP contribution in [0.4, 0.5) is 0 Å². The molecule has 2 N–H and O–H groups in total. The van der Waals surface area contributed by atoms with Gasteiger partial charge in [-0.1, -0.05) is 124 Å². The second-order valence-electron chi connectivity index (χ2n) is 9.52. The molecule has 0 aromatic rings. The predicted molar refractivity (Wildman–Crippen MR) is 132 cm³/mol. The Morgan fingerprint density at radius 2 is 1.13 bits per heavy atom. The van der Waals surface area contributed by atoms with Crippen LogP contribution < -0.4 is 5.32 Å². The number of carbonyl (C=O) groups is 2. The van der Waals surface area contributed by atoms with Gasteiger partial charge in [-0.3, -0.25) is 9.59 Å². The monoisotopic (exact) mass is 439 g/mol. The molecule has 2 atom stereocenters. The maximum atomic E-state index is 12.4. The van der Waals surface area contributed by atoms with Crippen LogP contribution in [0.25, 0.3) is 0 Å². The molecule has 0 saturated heterocycles. The van der Waals surface area contributed by atoms with Gasteiger partial charge in [-0.2, -0.15) is 0 Å². The molecule has 0 radical (unpaired) electrons. The molecule has 0 saturated carbocycles. The third kappa shape index (κ3) is 19.4. The number of hydrogen-bond donors (Lipinski definition) is 2. The summed E-state index contributed by atoms with van der Waals surface area (Å²) in [5, 5.41) is 11.9. The van der Waals surface area contributed by atoms with Crippen molar-refractivity contribution >= 4 is 11.9 Å². The summed E-state index contributed by atoms with van der Waals surface area (Å²) in [6.45, 7) is 7.09. The summed E-state index contributed by atoms with van der Waals surface area (Å²) in [7, 11) is 0. The third-order valence-electron chi connectivity index (χ3n) is 6.67. The van der Waals surface area contributed by atoms with E-state index in [2.05, 4.69) is 19.2 Å². The van der Waals surface area contributed by atoms with Gasteiger partial charge >= 0.3 is 5.97 Å². The normalized spacial score (nSPS) is 13.1. The highest BCUT2D eigenvalue weighted by Gasteiger charge is 2.24. The van der Waals surface area contributed by atoms with E-state index >= 15 is 0 Å². The molecule has 0 aliphatic carbocycles. The number of amides is 1. The van der Waals surface area contributed by atoms with Gasteiger partial charge in [0.2, 0.25) is 5.91 Å². The van der Waals surface area contributed by atoms with E-state index in [0.29, 0.717) is 6.42 Å². The Labute approximate surface area is 193 Å². The van der Waals surface area contributed by atoms with Crippen molar-refractivity contribution in [3.8, 4) is 0 Å². The van der Waals surface area contributed by atoms with Crippen molar-refractivity contribution in [1.29, 1.82) is 0 Å². The summed E-state index contributed by atoms with van der Waals surface area (Å²) >= 11 is 0. The van der Waals surface area contributed by atoms with Crippen LogP contribution in [0, 0.1) is 11.8 Å². The van der Waals surface area contributed by atoms with Gasteiger partial charge in [-0.05, 0) is 18.8 Å². The highest BCUT2D eigenvalue weighted by atomic mass is 16.4. The van der Waals surface area contributed by atoms with Crippen LogP contribution in [0.2, 0.25) is 0 Å². The Morgan fingerprint density at radius 1 is 0.710 bits per heavy atom. The summed E-state index contributed by atoms with van der Waals surface area (Å²) in [5.41, 5.74) is 0. The Bertz CT molecular complexity index is 425. The number of unbranched alkanes of at least 4 members (excludes halogenated alkanes) is 15. The number of carboxylic acids is 1. The fourth-order valence-corrected chi connectivity index (χ4v) is 4.25. The van der Waals surface area contributed by atoms with E-state index in [4.69, 9.17) is 5.11 Å². The van der Waals surface area contributed by atoms with Gasteiger partial charge in [0.25, 0.3) is 0 Å². The van der Waals surface area contributed by atoms with Crippen LogP contribution in [0.5, 0.6) is 0 Å². The van der Waals surface area contributed by atoms with Crippen LogP contribution >= 0.6 is 0 Å². The smallest absolute Gasteiger partial charge is 0.303 e. The Morgan fingerprint density at radius 3 is 1.52 bits per heavy atom. The zero-order valence-electron chi connectivity index (χ0n) is 21.1. The first-order valence-corrected chi connectivity index (χ1v) is 13.5. The Balaban J connectivity index is 3.50. The van der Waals surface area contributed by atoms with E-state index in [1.165, 1.54) is 96.3 Å². The molecule has 0 fully saturated rings. The van der Waals surface area contributed by atoms with E-state index in [9.17, 15) is 9.59 Å². The molecule has 4 nitrogen and oxygen atoms in total. The first-order valence-electron chi connectivity index (χ1n) is 13.5. The molecule has 0 bridgehead atoms. The molecule has 184 valence electrons. The molecule has 0 aromatic carbocycles. The number of hydrogen-bond acceptors (Lipinski definition) is 2. The largest absolute Gasteiger partial charge is 0.481 e. The third-order valence-corrected chi connectivity index (χ3v) is 6.67. The van der Waals surface area contributed by atoms with Crippen molar-refractivity contribution in [3.05, 3.63) is 0 Å². The SMILES string of the molecule is CCCCCCCCCCCCCCCCCCNC(=O)[C@@H](CCC(=O)O)[C@@H](C)CC. The summed E-state index contributed by atoms with van der Waals surface area (Å²) in [4.78, 5) is 23.2. The van der Waals surface area contributed by atoms with Gasteiger partial charge in [0, 0.05) is 18.9 Å². The lowest BCUT2D eigenvalue weighted by atomic mass is 9.87. The standard InChI is InChI=1S/C27H53NO3/c1-4-6-7-8-9-10-11-12-13-14-15-16-17-18-19-20-23-28-27(31)25(24(3)5-2)21-22-26(29)30/h24-25H,4-23H2,1-3H3,(H,28,31)(H,29,30)/t24-,25-/m0/s1. The minimum atomic E-state index is -0.820. The fourth-order valence-electron chi connectivity index (χ4n) is 4.25. The fraction of sp³-hybridized carbons (Fsp3) is 0.926. The molecular weight excluding hydrogens is 386 g/mol. The van der Waals surface area contributed by atoms with Crippen molar-refractivity contribution in [1.82, 2.24) is 5.32 Å². The van der Waals surface area contributed by atoms with Crippen molar-refractivity contribution in [2.45, 2.75) is 143 Å². The van der Waals surface area contributed by atoms with Crippen LogP contribution in [0.1, 0.15) is 143 Å². The molecule has 0 rings (SSSR count). The topological polar surface area (TPSA) is 66.4 Å². The average Bonchev–Trinajstić information content (AvgIpc) is 2.75. The van der Waals surface area contributed by atoms with Crippen molar-refractivity contribution in [2.75, 3.05) is 6.54 Å².